The van der Waals surface area contributed by atoms with Crippen LogP contribution in [0, 0.1) is 189 Å². The molecule has 540 valence electrons. The Balaban J connectivity index is 0.000000154. The zero-order valence-electron chi connectivity index (χ0n) is 61.5. The normalized spacial score (nSPS) is 12.7. The van der Waals surface area contributed by atoms with Gasteiger partial charge in [0, 0.05) is 135 Å². The lowest BCUT2D eigenvalue weighted by molar-refractivity contribution is 0.919. The Labute approximate surface area is 668 Å². The summed E-state index contributed by atoms with van der Waals surface area (Å²) in [5, 5.41) is 91.7. The van der Waals surface area contributed by atoms with E-state index in [1.54, 1.807) is 77.0 Å². The minimum Gasteiger partial charge on any atom is -0.244 e. The monoisotopic (exact) mass is 1520 g/mol. The molecule has 0 saturated heterocycles. The van der Waals surface area contributed by atoms with E-state index in [9.17, 15) is 47.4 Å². The third-order valence-electron chi connectivity index (χ3n) is 19.6. The van der Waals surface area contributed by atoms with Gasteiger partial charge in [-0.25, -0.2) is 84.3 Å². The van der Waals surface area contributed by atoms with Gasteiger partial charge in [-0.3, -0.25) is 0 Å². The molecule has 15 rings (SSSR count). The largest absolute Gasteiger partial charge is 0.512 e. The molecule has 0 N–H and O–H groups in total. The van der Waals surface area contributed by atoms with E-state index in [1.807, 2.05) is 36.4 Å². The van der Waals surface area contributed by atoms with Crippen molar-refractivity contribution in [2.24, 2.45) is 0 Å². The van der Waals surface area contributed by atoms with Crippen LogP contribution in [-0.4, -0.2) is 69.8 Å². The highest BCUT2D eigenvalue weighted by atomic mass is 15.0. The Morgan fingerprint density at radius 3 is 0.831 bits per heavy atom. The fourth-order valence-electron chi connectivity index (χ4n) is 15.4. The van der Waals surface area contributed by atoms with Crippen molar-refractivity contribution in [2.75, 3.05) is 0 Å². The van der Waals surface area contributed by atoms with Gasteiger partial charge in [0.15, 0.2) is 40.4 Å². The molecular formula is C86H36N32. The van der Waals surface area contributed by atoms with Crippen molar-refractivity contribution >= 4 is 33.8 Å². The van der Waals surface area contributed by atoms with E-state index >= 15 is 0 Å². The number of aromatic nitrogens is 14. The van der Waals surface area contributed by atoms with Gasteiger partial charge in [-0.1, -0.05) is 0 Å². The number of aryl methyl sites for hydroxylation is 4. The molecule has 0 radical (unpaired) electrons. The van der Waals surface area contributed by atoms with Crippen LogP contribution in [0.15, 0.2) is 142 Å². The van der Waals surface area contributed by atoms with Crippen molar-refractivity contribution in [3.05, 3.63) is 333 Å². The summed E-state index contributed by atoms with van der Waals surface area (Å²) in [5.74, 6) is 1.97. The second-order valence-electron chi connectivity index (χ2n) is 25.5. The summed E-state index contributed by atoms with van der Waals surface area (Å²) in [6.45, 7) is 76.3. The fourth-order valence-corrected chi connectivity index (χ4v) is 15.4. The van der Waals surface area contributed by atoms with E-state index in [4.69, 9.17) is 59.1 Å². The van der Waals surface area contributed by atoms with Gasteiger partial charge in [0.25, 0.3) is 0 Å². The van der Waals surface area contributed by atoms with Crippen molar-refractivity contribution in [1.29, 1.82) is 47.4 Å². The molecule has 0 amide bonds. The minimum atomic E-state index is -0.249. The van der Waals surface area contributed by atoms with Crippen LogP contribution in [0.3, 0.4) is 0 Å². The second kappa shape index (κ2) is 32.0. The van der Waals surface area contributed by atoms with Gasteiger partial charge in [0.2, 0.25) is 0 Å². The summed E-state index contributed by atoms with van der Waals surface area (Å²) in [7, 11) is 0. The zero-order chi connectivity index (χ0) is 83.9. The van der Waals surface area contributed by atoms with Gasteiger partial charge in [-0.15, -0.1) is 0 Å². The number of hydrogen-bond acceptors (Lipinski definition) is 23. The Morgan fingerprint density at radius 2 is 0.542 bits per heavy atom. The Bertz CT molecular complexity index is 6830. The molecule has 6 aromatic heterocycles. The first-order chi connectivity index (χ1) is 57.4. The average Bonchev–Trinajstić information content (AvgIpc) is 1.57. The van der Waals surface area contributed by atoms with E-state index in [0.29, 0.717) is 138 Å². The summed E-state index contributed by atoms with van der Waals surface area (Å²) in [4.78, 5) is 92.6. The molecule has 0 aliphatic heterocycles. The van der Waals surface area contributed by atoms with E-state index in [1.165, 1.54) is 25.0 Å². The van der Waals surface area contributed by atoms with E-state index in [0.717, 1.165) is 0 Å². The molecule has 6 aliphatic carbocycles. The number of hydrogen-bond donors (Lipinski definition) is 0. The first kappa shape index (κ1) is 76.7. The lowest BCUT2D eigenvalue weighted by Gasteiger charge is -2.15. The highest BCUT2D eigenvalue weighted by Crippen LogP contribution is 2.43. The van der Waals surface area contributed by atoms with E-state index < -0.39 is 0 Å². The molecule has 0 spiro atoms. The third kappa shape index (κ3) is 12.6. The zero-order valence-corrected chi connectivity index (χ0v) is 61.5. The number of nitriles is 9. The van der Waals surface area contributed by atoms with Crippen LogP contribution < -0.4 is 31.3 Å². The molecule has 0 saturated carbocycles. The molecule has 6 aliphatic rings. The van der Waals surface area contributed by atoms with Crippen LogP contribution >= 0.6 is 0 Å². The van der Waals surface area contributed by atoms with E-state index in [2.05, 4.69) is 132 Å². The molecular weight excluding hydrogens is 1480 g/mol. The maximum Gasteiger partial charge on any atom is 0.512 e. The maximum atomic E-state index is 10.4. The first-order valence-corrected chi connectivity index (χ1v) is 34.2. The number of benzene rings is 3. The summed E-state index contributed by atoms with van der Waals surface area (Å²) >= 11 is 0. The maximum absolute atomic E-state index is 10.4. The standard InChI is InChI=1S/C30H16N12.2C28H10N10/c1-13-37-14(2)40-29(39-13)25-20-9-21(28(35-6)36-7)27(34-5)24(20)26(30-41-15(3)38-16(4)42-30)19-8-18(17(10-31)11-32)22(12-33)23(19)25;1-32-27-21(28(33-2)34-3)5-20-23(16-9-35-13-36-10-16)25-19(4-18(22(25)8-31)15(6-29)7-30)24(26(20)27)17-11-37-14-38-12-17;1-32-25-19(26(33-2)34-3)11-18-22(25)24(28-37-8-5-9-38-28)17-10-16(15(12-29)13-30)20(14-31)21(17)23(18)27-35-6-4-7-36-27/h8-9H2,1-4H3;9-14H,4-5H2;4-9H,10-11H2. The van der Waals surface area contributed by atoms with Crippen molar-refractivity contribution in [2.45, 2.75) is 66.2 Å². The van der Waals surface area contributed by atoms with Crippen molar-refractivity contribution in [1.82, 2.24) is 69.8 Å². The van der Waals surface area contributed by atoms with E-state index in [-0.39, 0.29) is 158 Å². The van der Waals surface area contributed by atoms with Crippen molar-refractivity contribution in [3.8, 4) is 122 Å². The summed E-state index contributed by atoms with van der Waals surface area (Å²) in [6.07, 6.45) is 15.5. The number of rotatable bonds is 6. The first-order valence-electron chi connectivity index (χ1n) is 34.2. The predicted octanol–water partition coefficient (Wildman–Crippen LogP) is 8.45. The molecule has 0 unspecified atom stereocenters. The molecule has 32 heteroatoms. The quantitative estimate of drug-likeness (QED) is 0.111. The van der Waals surface area contributed by atoms with Crippen molar-refractivity contribution in [3.63, 3.8) is 0 Å². The third-order valence-corrected chi connectivity index (χ3v) is 19.6. The van der Waals surface area contributed by atoms with Gasteiger partial charge in [0.1, 0.15) is 147 Å². The minimum absolute atomic E-state index is 0.0000566. The van der Waals surface area contributed by atoms with Crippen LogP contribution in [0.5, 0.6) is 0 Å². The molecule has 118 heavy (non-hydrogen) atoms. The van der Waals surface area contributed by atoms with Crippen LogP contribution in [-0.2, 0) is 38.5 Å². The predicted molar refractivity (Wildman–Crippen MR) is 413 cm³/mol. The van der Waals surface area contributed by atoms with Gasteiger partial charge >= 0.3 is 17.5 Å². The second-order valence-corrected chi connectivity index (χ2v) is 25.5. The molecule has 6 heterocycles. The molecule has 0 atom stereocenters. The van der Waals surface area contributed by atoms with Crippen LogP contribution in [0.2, 0.25) is 0 Å². The summed E-state index contributed by atoms with van der Waals surface area (Å²) in [5.41, 5.74) is 9.00. The molecule has 32 nitrogen and oxygen atoms in total. The van der Waals surface area contributed by atoms with Crippen molar-refractivity contribution < 1.29 is 0 Å². The fraction of sp³-hybridized carbons (Fsp3) is 0.116. The lowest BCUT2D eigenvalue weighted by atomic mass is 9.88. The Kier molecular flexibility index (Phi) is 20.8. The SMILES string of the molecule is [C-]#[N+]C([N+]#[C-])=C1Cc2c(-c3cncnc3)c3c(c(-c4cncnc4)c2=C1[N+]#[C-])CC(=C(C#N)C#N)C=3C#N.[C-]#[N+]C([N+]#[C-])=C1Cc2c(-c3nc(C)nc(C)n3)c3c(c(-c4nc(C)nc(C)n4)c2=C1[N+]#[C-])CC(=C(C#N)C#N)C=3C#N.[C-]#[N+]C([N+]#[C-])=C1Cc2c(-c3ncccn3)c3c(c(-c4ncccn4)c2=C1[N+]#[C-])CC(=C(C#N)C#N)C=3C#N. The number of allylic oxidation sites excluding steroid dienone is 6. The molecule has 0 bridgehead atoms. The van der Waals surface area contributed by atoms with Gasteiger partial charge in [-0.2, -0.15) is 76.4 Å². The number of fused-ring (bicyclic) bond motifs is 6. The Morgan fingerprint density at radius 1 is 0.305 bits per heavy atom. The highest BCUT2D eigenvalue weighted by molar-refractivity contribution is 5.98. The van der Waals surface area contributed by atoms with Crippen LogP contribution in [0.25, 0.3) is 145 Å². The molecule has 3 aromatic carbocycles. The topological polar surface area (TPSA) is 434 Å². The number of nitrogens with zero attached hydrogens (tertiary/aromatic N) is 32. The molecule has 0 fully saturated rings. The van der Waals surface area contributed by atoms with Gasteiger partial charge in [0.05, 0.1) is 53.2 Å². The highest BCUT2D eigenvalue weighted by Gasteiger charge is 2.41. The summed E-state index contributed by atoms with van der Waals surface area (Å²) in [6, 6.07) is 21.2. The molecule has 9 aromatic rings. The summed E-state index contributed by atoms with van der Waals surface area (Å²) < 4.78 is 0. The Hall–Kier alpha value is -19.5. The van der Waals surface area contributed by atoms with Crippen LogP contribution in [0.1, 0.15) is 56.7 Å². The van der Waals surface area contributed by atoms with Gasteiger partial charge in [-0.05, 0) is 119 Å². The van der Waals surface area contributed by atoms with Crippen LogP contribution in [0.4, 0.5) is 0 Å². The average molecular weight is 1520 g/mol. The van der Waals surface area contributed by atoms with Gasteiger partial charge < -0.3 is 0 Å². The lowest BCUT2D eigenvalue weighted by Crippen LogP contribution is -2.26. The smallest absolute Gasteiger partial charge is 0.244 e.